The first-order chi connectivity index (χ1) is 17.9. The summed E-state index contributed by atoms with van der Waals surface area (Å²) in [4.78, 5) is 19.2. The topological polar surface area (TPSA) is 56.6 Å². The van der Waals surface area contributed by atoms with E-state index in [2.05, 4.69) is 48.8 Å². The van der Waals surface area contributed by atoms with Gasteiger partial charge in [-0.3, -0.25) is 9.69 Å². The Balaban J connectivity index is 1.34. The van der Waals surface area contributed by atoms with Gasteiger partial charge in [-0.15, -0.1) is 0 Å². The van der Waals surface area contributed by atoms with Gasteiger partial charge in [-0.25, -0.2) is 0 Å². The van der Waals surface area contributed by atoms with E-state index in [1.165, 1.54) is 29.7 Å². The quantitative estimate of drug-likeness (QED) is 0.577. The van der Waals surface area contributed by atoms with E-state index in [9.17, 15) is 10.1 Å². The molecule has 2 heterocycles. The Morgan fingerprint density at radius 1 is 1.05 bits per heavy atom. The van der Waals surface area contributed by atoms with Crippen molar-refractivity contribution in [2.24, 2.45) is 0 Å². The van der Waals surface area contributed by atoms with Gasteiger partial charge in [0.25, 0.3) is 0 Å². The van der Waals surface area contributed by atoms with Gasteiger partial charge in [-0.2, -0.15) is 5.26 Å². The van der Waals surface area contributed by atoms with Crippen molar-refractivity contribution in [2.75, 3.05) is 44.3 Å². The fourth-order valence-electron chi connectivity index (χ4n) is 7.10. The van der Waals surface area contributed by atoms with E-state index < -0.39 is 0 Å². The summed E-state index contributed by atoms with van der Waals surface area (Å²) in [6, 6.07) is 13.3. The summed E-state index contributed by atoms with van der Waals surface area (Å²) in [7, 11) is 0. The summed E-state index contributed by atoms with van der Waals surface area (Å²) in [5, 5.41) is 9.41. The van der Waals surface area contributed by atoms with Crippen molar-refractivity contribution >= 4 is 17.0 Å². The number of ether oxygens (including phenoxy) is 1. The monoisotopic (exact) mass is 495 g/mol. The van der Waals surface area contributed by atoms with Gasteiger partial charge in [-0.05, 0) is 77.8 Å². The molecule has 0 N–H and O–H groups in total. The van der Waals surface area contributed by atoms with Crippen LogP contribution in [0.25, 0.3) is 5.57 Å². The van der Waals surface area contributed by atoms with Crippen LogP contribution in [0.1, 0.15) is 78.2 Å². The van der Waals surface area contributed by atoms with Crippen LogP contribution in [-0.2, 0) is 23.0 Å². The predicted octanol–water partition coefficient (Wildman–Crippen LogP) is 5.30. The number of benzene rings is 2. The second-order valence-corrected chi connectivity index (χ2v) is 11.6. The highest BCUT2D eigenvalue weighted by Crippen LogP contribution is 2.51. The largest absolute Gasteiger partial charge is 0.379 e. The third-order valence-electron chi connectivity index (χ3n) is 9.18. The van der Waals surface area contributed by atoms with E-state index in [-0.39, 0.29) is 11.2 Å². The lowest BCUT2D eigenvalue weighted by Crippen LogP contribution is -2.49. The Morgan fingerprint density at radius 3 is 2.51 bits per heavy atom. The zero-order valence-corrected chi connectivity index (χ0v) is 22.4. The molecule has 2 aliphatic heterocycles. The maximum Gasteiger partial charge on any atom is 0.193 e. The minimum absolute atomic E-state index is 0.155. The van der Waals surface area contributed by atoms with E-state index in [1.807, 2.05) is 18.2 Å². The third-order valence-corrected chi connectivity index (χ3v) is 9.18. The van der Waals surface area contributed by atoms with Crippen LogP contribution in [0.15, 0.2) is 35.9 Å². The number of rotatable bonds is 4. The Labute approximate surface area is 220 Å². The van der Waals surface area contributed by atoms with Gasteiger partial charge in [0.05, 0.1) is 24.8 Å². The zero-order chi connectivity index (χ0) is 25.7. The summed E-state index contributed by atoms with van der Waals surface area (Å²) < 4.78 is 5.57. The first-order valence-corrected chi connectivity index (χ1v) is 14.0. The van der Waals surface area contributed by atoms with Crippen LogP contribution < -0.4 is 4.90 Å². The molecule has 37 heavy (non-hydrogen) atoms. The van der Waals surface area contributed by atoms with Gasteiger partial charge in [-0.1, -0.05) is 33.3 Å². The highest BCUT2D eigenvalue weighted by molar-refractivity contribution is 6.33. The van der Waals surface area contributed by atoms with Crippen LogP contribution in [-0.4, -0.2) is 56.1 Å². The molecule has 2 aromatic carbocycles. The number of nitrogens with zero attached hydrogens (tertiary/aromatic N) is 3. The number of hydrogen-bond acceptors (Lipinski definition) is 5. The van der Waals surface area contributed by atoms with Crippen molar-refractivity contribution in [2.45, 2.75) is 64.3 Å². The molecule has 0 aromatic heterocycles. The third kappa shape index (κ3) is 4.02. The molecular formula is C32H37N3O2. The highest BCUT2D eigenvalue weighted by Gasteiger charge is 2.43. The lowest BCUT2D eigenvalue weighted by Gasteiger charge is -2.42. The van der Waals surface area contributed by atoms with Gasteiger partial charge in [0, 0.05) is 54.5 Å². The maximum absolute atomic E-state index is 14.0. The molecule has 4 aliphatic rings. The number of carbonyl (C=O) groups excluding carboxylic acids is 1. The molecule has 5 nitrogen and oxygen atoms in total. The Kier molecular flexibility index (Phi) is 6.21. The smallest absolute Gasteiger partial charge is 0.193 e. The van der Waals surface area contributed by atoms with E-state index in [0.717, 1.165) is 86.5 Å². The van der Waals surface area contributed by atoms with Gasteiger partial charge >= 0.3 is 0 Å². The molecule has 2 saturated heterocycles. The molecule has 0 unspecified atom stereocenters. The molecule has 2 fully saturated rings. The molecule has 2 aromatic rings. The van der Waals surface area contributed by atoms with E-state index in [0.29, 0.717) is 11.6 Å². The van der Waals surface area contributed by atoms with Gasteiger partial charge in [0.2, 0.25) is 0 Å². The Morgan fingerprint density at radius 2 is 1.81 bits per heavy atom. The number of nitriles is 1. The summed E-state index contributed by atoms with van der Waals surface area (Å²) in [5.41, 5.74) is 9.29. The molecule has 2 aliphatic carbocycles. The van der Waals surface area contributed by atoms with Gasteiger partial charge in [0.1, 0.15) is 0 Å². The van der Waals surface area contributed by atoms with Crippen LogP contribution in [0.3, 0.4) is 0 Å². The average Bonchev–Trinajstić information content (AvgIpc) is 3.32. The molecular weight excluding hydrogens is 458 g/mol. The van der Waals surface area contributed by atoms with Crippen LogP contribution in [0.2, 0.25) is 0 Å². The Bertz CT molecular complexity index is 1320. The number of fused-ring (bicyclic) bond motifs is 3. The highest BCUT2D eigenvalue weighted by atomic mass is 16.5. The SMILES string of the molecule is CCCc1cc2c(cc1N1CCC(N3CCOCC3)CC1)C(C)(C)C1=C(C2=O)c2ccc(C#N)cc2C1. The van der Waals surface area contributed by atoms with Crippen molar-refractivity contribution in [1.29, 1.82) is 5.26 Å². The van der Waals surface area contributed by atoms with Crippen LogP contribution in [0.4, 0.5) is 5.69 Å². The van der Waals surface area contributed by atoms with E-state index >= 15 is 0 Å². The van der Waals surface area contributed by atoms with Crippen LogP contribution in [0, 0.1) is 11.3 Å². The average molecular weight is 496 g/mol. The second-order valence-electron chi connectivity index (χ2n) is 11.6. The molecule has 192 valence electrons. The molecule has 0 atom stereocenters. The predicted molar refractivity (Wildman–Crippen MR) is 147 cm³/mol. The summed E-state index contributed by atoms with van der Waals surface area (Å²) >= 11 is 0. The number of carbonyl (C=O) groups is 1. The molecule has 0 radical (unpaired) electrons. The number of ketones is 1. The zero-order valence-electron chi connectivity index (χ0n) is 22.4. The van der Waals surface area contributed by atoms with Crippen molar-refractivity contribution in [3.05, 3.63) is 69.3 Å². The molecule has 5 heteroatoms. The minimum Gasteiger partial charge on any atom is -0.379 e. The van der Waals surface area contributed by atoms with Gasteiger partial charge < -0.3 is 9.64 Å². The van der Waals surface area contributed by atoms with Crippen molar-refractivity contribution < 1.29 is 9.53 Å². The fourth-order valence-corrected chi connectivity index (χ4v) is 7.10. The standard InChI is InChI=1S/C32H37N3O2/c1-4-5-22-17-26-27(19-29(22)35-10-8-24(9-11-35)34-12-14-37-15-13-34)32(2,3)28-18-23-16-21(20-33)6-7-25(23)30(28)31(26)36/h6-7,16-17,19,24H,4-5,8-15,18H2,1-3H3. The number of piperidine rings is 1. The van der Waals surface area contributed by atoms with Crippen molar-refractivity contribution in [1.82, 2.24) is 4.90 Å². The molecule has 0 spiro atoms. The van der Waals surface area contributed by atoms with Crippen LogP contribution in [0.5, 0.6) is 0 Å². The molecule has 0 amide bonds. The van der Waals surface area contributed by atoms with Crippen LogP contribution >= 0.6 is 0 Å². The van der Waals surface area contributed by atoms with Gasteiger partial charge in [0.15, 0.2) is 5.78 Å². The first kappa shape index (κ1) is 24.4. The van der Waals surface area contributed by atoms with Crippen molar-refractivity contribution in [3.63, 3.8) is 0 Å². The van der Waals surface area contributed by atoms with E-state index in [4.69, 9.17) is 4.74 Å². The normalized spacial score (nSPS) is 21.5. The number of anilines is 1. The lowest BCUT2D eigenvalue weighted by molar-refractivity contribution is 0.0115. The number of morpholine rings is 1. The second kappa shape index (κ2) is 9.42. The molecule has 0 bridgehead atoms. The summed E-state index contributed by atoms with van der Waals surface area (Å²) in [6.45, 7) is 12.7. The summed E-state index contributed by atoms with van der Waals surface area (Å²) in [6.07, 6.45) is 5.14. The van der Waals surface area contributed by atoms with E-state index in [1.54, 1.807) is 0 Å². The minimum atomic E-state index is -0.240. The molecule has 6 rings (SSSR count). The fraction of sp³-hybridized carbons (Fsp3) is 0.500. The number of Topliss-reactive ketones (excluding diaryl/α,β-unsaturated/α-hetero) is 1. The number of allylic oxidation sites excluding steroid dienone is 2. The summed E-state index contributed by atoms with van der Waals surface area (Å²) in [5.74, 6) is 0.155. The number of aryl methyl sites for hydroxylation is 1. The number of hydrogen-bond donors (Lipinski definition) is 0. The lowest BCUT2D eigenvalue weighted by atomic mass is 9.68. The molecule has 0 saturated carbocycles. The first-order valence-electron chi connectivity index (χ1n) is 14.0. The van der Waals surface area contributed by atoms with Crippen molar-refractivity contribution in [3.8, 4) is 6.07 Å². The maximum atomic E-state index is 14.0. The Hall–Kier alpha value is -2.94.